The van der Waals surface area contributed by atoms with E-state index in [-0.39, 0.29) is 43.9 Å². The van der Waals surface area contributed by atoms with E-state index in [9.17, 15) is 70.6 Å². The number of hydrogen-bond donors (Lipinski definition) is 12. The Morgan fingerprint density at radius 1 is 0.615 bits per heavy atom. The van der Waals surface area contributed by atoms with Gasteiger partial charge in [0.1, 0.15) is 17.8 Å². The molecule has 17 heteroatoms. The van der Waals surface area contributed by atoms with Crippen LogP contribution in [-0.2, 0) is 23.9 Å². The third-order valence-corrected chi connectivity index (χ3v) is 12.2. The summed E-state index contributed by atoms with van der Waals surface area (Å²) in [5, 5.41) is 117. The van der Waals surface area contributed by atoms with Crippen LogP contribution in [0.3, 0.4) is 0 Å². The SMILES string of the molecule is C[C@@H]1[C@H](O)[C@H](C)/C=C/C=C/CC/C=C/C=C/C=C/C=C/[C@H](O[C@H]2C[C@@H](C)[C@H](O)[C@@H](N)[C@H]2O)C[C@H](O)[C@H](C(=O)O)[C@H](O)CC(=O)C[C@H](O)[C@H](O)CC[C@H](O)C[C@H](O)C[C@H](O)CC(=O)O[C@@H]1C. The highest BCUT2D eigenvalue weighted by Crippen LogP contribution is 2.30. The zero-order valence-corrected chi connectivity index (χ0v) is 38.1. The van der Waals surface area contributed by atoms with Crippen LogP contribution in [0.25, 0.3) is 0 Å². The van der Waals surface area contributed by atoms with Crippen LogP contribution in [-0.4, -0.2) is 159 Å². The standard InChI is InChI=1S/C48H77NO16/c1-28-17-15-13-11-9-7-5-6-8-10-12-14-16-18-36(65-41-21-29(2)46(60)44(49)47(41)61)27-40(57)43(48(62)63)39(56)25-35(53)24-38(55)37(54)20-19-32(50)22-33(51)23-34(52)26-42(58)64-31(4)30(3)45(28)59/h5-6,8,10-18,28-34,36-41,43-47,50-52,54-57,59-61H,7,9,19-27,49H2,1-4H3,(H,62,63)/b6-5+,10-8+,13-11+,14-12+,17-15+,18-16+/t28-,29-,30+,31-,32+,33+,34+,36+,37-,38+,39-,40+,41+,43-,44-,45-,46+,47+/m1/s1. The molecule has 18 atom stereocenters. The van der Waals surface area contributed by atoms with Gasteiger partial charge in [0.15, 0.2) is 0 Å². The highest BCUT2D eigenvalue weighted by Gasteiger charge is 2.42. The van der Waals surface area contributed by atoms with Crippen molar-refractivity contribution in [2.45, 2.75) is 184 Å². The van der Waals surface area contributed by atoms with Gasteiger partial charge in [-0.3, -0.25) is 14.4 Å². The number of aliphatic carboxylic acids is 1. The molecule has 13 N–H and O–H groups in total. The minimum Gasteiger partial charge on any atom is -0.481 e. The van der Waals surface area contributed by atoms with Gasteiger partial charge in [0.05, 0.1) is 85.7 Å². The second kappa shape index (κ2) is 30.1. The van der Waals surface area contributed by atoms with Gasteiger partial charge in [-0.1, -0.05) is 93.7 Å². The lowest BCUT2D eigenvalue weighted by atomic mass is 9.80. The normalized spacial score (nSPS) is 42.5. The summed E-state index contributed by atoms with van der Waals surface area (Å²) in [4.78, 5) is 37.8. The maximum Gasteiger partial charge on any atom is 0.311 e. The quantitative estimate of drug-likeness (QED) is 0.178. The van der Waals surface area contributed by atoms with Crippen molar-refractivity contribution in [2.24, 2.45) is 29.4 Å². The van der Waals surface area contributed by atoms with Gasteiger partial charge in [0.2, 0.25) is 0 Å². The molecule has 0 unspecified atom stereocenters. The Labute approximate surface area is 383 Å². The van der Waals surface area contributed by atoms with Crippen molar-refractivity contribution in [2.75, 3.05) is 0 Å². The number of allylic oxidation sites excluding steroid dienone is 10. The van der Waals surface area contributed by atoms with Crippen molar-refractivity contribution >= 4 is 17.7 Å². The number of carboxylic acids is 1. The number of aliphatic hydroxyl groups is 10. The van der Waals surface area contributed by atoms with Gasteiger partial charge in [0.25, 0.3) is 0 Å². The summed E-state index contributed by atoms with van der Waals surface area (Å²) < 4.78 is 11.6. The molecule has 0 aromatic heterocycles. The Morgan fingerprint density at radius 3 is 1.83 bits per heavy atom. The van der Waals surface area contributed by atoms with Crippen LogP contribution < -0.4 is 5.73 Å². The number of rotatable bonds is 3. The van der Waals surface area contributed by atoms with Gasteiger partial charge in [-0.25, -0.2) is 0 Å². The summed E-state index contributed by atoms with van der Waals surface area (Å²) in [6.45, 7) is 6.97. The number of cyclic esters (lactones) is 1. The molecule has 1 aliphatic heterocycles. The van der Waals surface area contributed by atoms with Crippen LogP contribution in [0.4, 0.5) is 0 Å². The maximum absolute atomic E-state index is 12.9. The molecule has 0 amide bonds. The summed E-state index contributed by atoms with van der Waals surface area (Å²) in [5.74, 6) is -6.13. The third kappa shape index (κ3) is 21.4. The first-order chi connectivity index (χ1) is 30.6. The molecule has 0 aromatic carbocycles. The molecule has 17 nitrogen and oxygen atoms in total. The molecule has 370 valence electrons. The Hall–Kier alpha value is -3.43. The largest absolute Gasteiger partial charge is 0.481 e. The fraction of sp³-hybridized carbons (Fsp3) is 0.688. The molecule has 1 heterocycles. The van der Waals surface area contributed by atoms with Crippen LogP contribution in [0.5, 0.6) is 0 Å². The topological polar surface area (TPSA) is 318 Å². The van der Waals surface area contributed by atoms with Crippen LogP contribution in [0, 0.1) is 23.7 Å². The average molecular weight is 924 g/mol. The average Bonchev–Trinajstić information content (AvgIpc) is 3.22. The van der Waals surface area contributed by atoms with Crippen LogP contribution in [0.15, 0.2) is 72.9 Å². The van der Waals surface area contributed by atoms with Gasteiger partial charge >= 0.3 is 11.9 Å². The number of hydrogen-bond acceptors (Lipinski definition) is 16. The first-order valence-corrected chi connectivity index (χ1v) is 22.8. The van der Waals surface area contributed by atoms with E-state index in [0.717, 1.165) is 12.8 Å². The lowest BCUT2D eigenvalue weighted by Gasteiger charge is -2.41. The van der Waals surface area contributed by atoms with Crippen molar-refractivity contribution in [3.05, 3.63) is 72.9 Å². The number of carbonyl (C=O) groups is 3. The smallest absolute Gasteiger partial charge is 0.311 e. The first-order valence-electron chi connectivity index (χ1n) is 22.8. The van der Waals surface area contributed by atoms with Crippen molar-refractivity contribution in [1.29, 1.82) is 0 Å². The van der Waals surface area contributed by atoms with Crippen molar-refractivity contribution in [3.8, 4) is 0 Å². The number of aliphatic hydroxyl groups excluding tert-OH is 10. The summed E-state index contributed by atoms with van der Waals surface area (Å²) in [6, 6.07) is -1.03. The highest BCUT2D eigenvalue weighted by molar-refractivity contribution is 5.81. The Balaban J connectivity index is 2.26. The van der Waals surface area contributed by atoms with Crippen LogP contribution >= 0.6 is 0 Å². The maximum atomic E-state index is 12.9. The minimum absolute atomic E-state index is 0.135. The molecule has 1 fully saturated rings. The second-order valence-electron chi connectivity index (χ2n) is 17.9. The second-order valence-corrected chi connectivity index (χ2v) is 17.9. The van der Waals surface area contributed by atoms with Crippen molar-refractivity contribution in [3.63, 3.8) is 0 Å². The fourth-order valence-electron chi connectivity index (χ4n) is 7.93. The summed E-state index contributed by atoms with van der Waals surface area (Å²) in [7, 11) is 0. The molecule has 1 saturated carbocycles. The molecular formula is C48H77NO16. The Kier molecular flexibility index (Phi) is 26.7. The van der Waals surface area contributed by atoms with Crippen molar-refractivity contribution < 1.29 is 80.0 Å². The van der Waals surface area contributed by atoms with E-state index in [0.29, 0.717) is 0 Å². The highest BCUT2D eigenvalue weighted by atomic mass is 16.5. The molecule has 1 aliphatic carbocycles. The fourth-order valence-corrected chi connectivity index (χ4v) is 7.93. The first kappa shape index (κ1) is 57.7. The van der Waals surface area contributed by atoms with Gasteiger partial charge in [-0.2, -0.15) is 0 Å². The van der Waals surface area contributed by atoms with Crippen molar-refractivity contribution in [1.82, 2.24) is 0 Å². The number of Topliss-reactive ketones (excluding diaryl/α,β-unsaturated/α-hetero) is 1. The predicted octanol–water partition coefficient (Wildman–Crippen LogP) is 1.44. The van der Waals surface area contributed by atoms with Gasteiger partial charge in [-0.15, -0.1) is 0 Å². The Morgan fingerprint density at radius 2 is 1.18 bits per heavy atom. The predicted molar refractivity (Wildman–Crippen MR) is 242 cm³/mol. The van der Waals surface area contributed by atoms with Gasteiger partial charge < -0.3 is 71.4 Å². The monoisotopic (exact) mass is 924 g/mol. The molecular weight excluding hydrogens is 847 g/mol. The van der Waals surface area contributed by atoms with E-state index in [1.165, 1.54) is 6.08 Å². The van der Waals surface area contributed by atoms with E-state index in [1.807, 2.05) is 49.5 Å². The zero-order valence-electron chi connectivity index (χ0n) is 38.1. The molecule has 0 radical (unpaired) electrons. The number of carbonyl (C=O) groups excluding carboxylic acids is 2. The van der Waals surface area contributed by atoms with Crippen LogP contribution in [0.2, 0.25) is 0 Å². The van der Waals surface area contributed by atoms with E-state index < -0.39 is 141 Å². The van der Waals surface area contributed by atoms with E-state index in [2.05, 4.69) is 0 Å². The molecule has 0 spiro atoms. The minimum atomic E-state index is -1.92. The zero-order chi connectivity index (χ0) is 48.8. The van der Waals surface area contributed by atoms with Gasteiger partial charge in [-0.05, 0) is 57.8 Å². The number of carboxylic acid groups (broad SMARTS) is 1. The van der Waals surface area contributed by atoms with E-state index in [1.54, 1.807) is 45.1 Å². The Bertz CT molecular complexity index is 1600. The molecule has 0 saturated heterocycles. The third-order valence-electron chi connectivity index (χ3n) is 12.2. The lowest BCUT2D eigenvalue weighted by molar-refractivity contribution is -0.157. The molecule has 0 aromatic rings. The summed E-state index contributed by atoms with van der Waals surface area (Å²) in [6.07, 6.45) is 3.60. The number of ketones is 1. The molecule has 65 heavy (non-hydrogen) atoms. The lowest BCUT2D eigenvalue weighted by Crippen LogP contribution is -2.58. The van der Waals surface area contributed by atoms with Crippen LogP contribution in [0.1, 0.15) is 98.3 Å². The number of ether oxygens (including phenoxy) is 2. The summed E-state index contributed by atoms with van der Waals surface area (Å²) in [5.41, 5.74) is 6.04. The molecule has 2 rings (SSSR count). The molecule has 2 aliphatic rings. The van der Waals surface area contributed by atoms with E-state index >= 15 is 0 Å². The van der Waals surface area contributed by atoms with Gasteiger partial charge in [0, 0.05) is 31.1 Å². The number of nitrogens with two attached hydrogens (primary N) is 1. The molecule has 0 bridgehead atoms. The summed E-state index contributed by atoms with van der Waals surface area (Å²) >= 11 is 0. The van der Waals surface area contributed by atoms with E-state index in [4.69, 9.17) is 15.2 Å². The number of esters is 1.